The van der Waals surface area contributed by atoms with E-state index in [9.17, 15) is 10.1 Å². The molecule has 2 aromatic heterocycles. The number of aryl methyl sites for hydroxylation is 1. The lowest BCUT2D eigenvalue weighted by molar-refractivity contribution is -0.111. The van der Waals surface area contributed by atoms with Gasteiger partial charge in [0.25, 0.3) is 0 Å². The van der Waals surface area contributed by atoms with Gasteiger partial charge >= 0.3 is 0 Å². The Hall–Kier alpha value is -4.65. The summed E-state index contributed by atoms with van der Waals surface area (Å²) >= 11 is 6.63. The Morgan fingerprint density at radius 3 is 2.68 bits per heavy atom. The van der Waals surface area contributed by atoms with E-state index >= 15 is 0 Å². The number of halogens is 1. The SMILES string of the molecule is CCOc1cc2ncc(C#N)c(Nc3ccc(OCc4ncccc4C)cc3Cl)c2cc1NC(=O)C=CCN(C)C. The van der Waals surface area contributed by atoms with Gasteiger partial charge in [0, 0.05) is 42.5 Å². The number of nitriles is 1. The number of aromatic nitrogens is 2. The van der Waals surface area contributed by atoms with Gasteiger partial charge < -0.3 is 25.0 Å². The monoisotopic (exact) mass is 570 g/mol. The van der Waals surface area contributed by atoms with Gasteiger partial charge in [0.2, 0.25) is 5.91 Å². The van der Waals surface area contributed by atoms with Crippen LogP contribution in [0.15, 0.2) is 67.0 Å². The third kappa shape index (κ3) is 7.51. The van der Waals surface area contributed by atoms with Gasteiger partial charge in [-0.2, -0.15) is 5.26 Å². The highest BCUT2D eigenvalue weighted by molar-refractivity contribution is 6.33. The van der Waals surface area contributed by atoms with E-state index in [1.54, 1.807) is 42.6 Å². The number of ether oxygens (including phenoxy) is 2. The first kappa shape index (κ1) is 29.3. The molecule has 0 radical (unpaired) electrons. The molecule has 0 unspecified atom stereocenters. The molecule has 0 saturated carbocycles. The van der Waals surface area contributed by atoms with Crippen LogP contribution in [0.25, 0.3) is 10.9 Å². The second-order valence-electron chi connectivity index (χ2n) is 9.43. The fourth-order valence-corrected chi connectivity index (χ4v) is 4.22. The van der Waals surface area contributed by atoms with E-state index in [2.05, 4.69) is 26.7 Å². The van der Waals surface area contributed by atoms with Crippen molar-refractivity contribution in [3.8, 4) is 17.6 Å². The summed E-state index contributed by atoms with van der Waals surface area (Å²) < 4.78 is 11.7. The molecule has 2 N–H and O–H groups in total. The molecule has 0 fully saturated rings. The number of nitrogens with zero attached hydrogens (tertiary/aromatic N) is 4. The molecule has 0 spiro atoms. The fraction of sp³-hybridized carbons (Fsp3) is 0.226. The quantitative estimate of drug-likeness (QED) is 0.204. The van der Waals surface area contributed by atoms with Gasteiger partial charge in [0.05, 0.1) is 45.5 Å². The molecule has 0 saturated heterocycles. The molecule has 2 heterocycles. The largest absolute Gasteiger partial charge is 0.492 e. The standard InChI is InChI=1S/C31H31ClN6O3/c1-5-40-29-16-26-23(15-27(29)36-30(39)9-7-13-38(3)4)31(21(17-33)18-35-26)37-25-11-10-22(14-24(25)32)41-19-28-20(2)8-6-12-34-28/h6-12,14-16,18H,5,13,19H2,1-4H3,(H,35,37)(H,36,39). The molecule has 10 heteroatoms. The van der Waals surface area contributed by atoms with Crippen LogP contribution in [0.3, 0.4) is 0 Å². The molecule has 9 nitrogen and oxygen atoms in total. The van der Waals surface area contributed by atoms with Crippen LogP contribution in [-0.4, -0.2) is 48.0 Å². The van der Waals surface area contributed by atoms with Crippen molar-refractivity contribution < 1.29 is 14.3 Å². The molecule has 0 atom stereocenters. The Morgan fingerprint density at radius 2 is 1.98 bits per heavy atom. The van der Waals surface area contributed by atoms with Crippen LogP contribution < -0.4 is 20.1 Å². The lowest BCUT2D eigenvalue weighted by Gasteiger charge is -2.17. The molecule has 210 valence electrons. The Kier molecular flexibility index (Phi) is 9.74. The minimum atomic E-state index is -0.300. The minimum Gasteiger partial charge on any atom is -0.492 e. The molecule has 0 bridgehead atoms. The predicted molar refractivity (Wildman–Crippen MR) is 162 cm³/mol. The maximum Gasteiger partial charge on any atom is 0.248 e. The van der Waals surface area contributed by atoms with Crippen molar-refractivity contribution in [2.75, 3.05) is 37.9 Å². The van der Waals surface area contributed by atoms with Crippen LogP contribution in [0.4, 0.5) is 17.1 Å². The zero-order valence-electron chi connectivity index (χ0n) is 23.4. The number of rotatable bonds is 11. The molecule has 4 aromatic rings. The summed E-state index contributed by atoms with van der Waals surface area (Å²) in [7, 11) is 3.84. The lowest BCUT2D eigenvalue weighted by atomic mass is 10.1. The van der Waals surface area contributed by atoms with E-state index < -0.39 is 0 Å². The van der Waals surface area contributed by atoms with Crippen LogP contribution in [0, 0.1) is 18.3 Å². The van der Waals surface area contributed by atoms with Crippen LogP contribution in [0.2, 0.25) is 5.02 Å². The number of carbonyl (C=O) groups is 1. The minimum absolute atomic E-state index is 0.300. The number of anilines is 3. The average Bonchev–Trinajstić information content (AvgIpc) is 2.94. The number of likely N-dealkylation sites (N-methyl/N-ethyl adjacent to an activating group) is 1. The smallest absolute Gasteiger partial charge is 0.248 e. The van der Waals surface area contributed by atoms with Gasteiger partial charge in [-0.3, -0.25) is 14.8 Å². The molecular formula is C31H31ClN6O3. The Morgan fingerprint density at radius 1 is 1.15 bits per heavy atom. The zero-order chi connectivity index (χ0) is 29.4. The number of hydrogen-bond donors (Lipinski definition) is 2. The van der Waals surface area contributed by atoms with Gasteiger partial charge in [0.15, 0.2) is 0 Å². The zero-order valence-corrected chi connectivity index (χ0v) is 24.1. The Balaban J connectivity index is 1.65. The summed E-state index contributed by atoms with van der Waals surface area (Å²) in [5.41, 5.74) is 4.30. The van der Waals surface area contributed by atoms with Crippen molar-refractivity contribution in [3.05, 3.63) is 88.9 Å². The number of carbonyl (C=O) groups excluding carboxylic acids is 1. The molecule has 0 aliphatic carbocycles. The number of pyridine rings is 2. The topological polar surface area (TPSA) is 112 Å². The van der Waals surface area contributed by atoms with Crippen molar-refractivity contribution in [3.63, 3.8) is 0 Å². The number of hydrogen-bond acceptors (Lipinski definition) is 8. The molecule has 1 amide bonds. The highest BCUT2D eigenvalue weighted by Gasteiger charge is 2.16. The van der Waals surface area contributed by atoms with Crippen molar-refractivity contribution >= 4 is 45.5 Å². The first-order valence-electron chi connectivity index (χ1n) is 13.0. The lowest BCUT2D eigenvalue weighted by Crippen LogP contribution is -2.13. The molecule has 0 aliphatic heterocycles. The van der Waals surface area contributed by atoms with E-state index in [-0.39, 0.29) is 5.91 Å². The van der Waals surface area contributed by atoms with Crippen molar-refractivity contribution in [1.29, 1.82) is 5.26 Å². The summed E-state index contributed by atoms with van der Waals surface area (Å²) in [5.74, 6) is 0.755. The normalized spacial score (nSPS) is 11.0. The van der Waals surface area contributed by atoms with Crippen molar-refractivity contribution in [2.24, 2.45) is 0 Å². The summed E-state index contributed by atoms with van der Waals surface area (Å²) in [4.78, 5) is 23.4. The van der Waals surface area contributed by atoms with E-state index in [1.165, 1.54) is 12.3 Å². The second kappa shape index (κ2) is 13.6. The average molecular weight is 571 g/mol. The first-order chi connectivity index (χ1) is 19.8. The third-order valence-electron chi connectivity index (χ3n) is 6.08. The number of nitrogens with one attached hydrogen (secondary N) is 2. The van der Waals surface area contributed by atoms with Crippen LogP contribution in [0.5, 0.6) is 11.5 Å². The number of fused-ring (bicyclic) bond motifs is 1. The van der Waals surface area contributed by atoms with Crippen LogP contribution >= 0.6 is 11.6 Å². The van der Waals surface area contributed by atoms with Gasteiger partial charge in [0.1, 0.15) is 24.2 Å². The summed E-state index contributed by atoms with van der Waals surface area (Å²) in [6.45, 7) is 5.17. The summed E-state index contributed by atoms with van der Waals surface area (Å²) in [6.07, 6.45) is 6.46. The van der Waals surface area contributed by atoms with Crippen LogP contribution in [0.1, 0.15) is 23.7 Å². The molecule has 4 rings (SSSR count). The highest BCUT2D eigenvalue weighted by Crippen LogP contribution is 2.38. The molecular weight excluding hydrogens is 540 g/mol. The summed E-state index contributed by atoms with van der Waals surface area (Å²) in [5, 5.41) is 17.1. The maximum absolute atomic E-state index is 12.6. The van der Waals surface area contributed by atoms with Crippen molar-refractivity contribution in [2.45, 2.75) is 20.5 Å². The van der Waals surface area contributed by atoms with Crippen molar-refractivity contribution in [1.82, 2.24) is 14.9 Å². The van der Waals surface area contributed by atoms with E-state index in [1.807, 2.05) is 45.0 Å². The predicted octanol–water partition coefficient (Wildman–Crippen LogP) is 6.24. The molecule has 41 heavy (non-hydrogen) atoms. The Bertz CT molecular complexity index is 1630. The first-order valence-corrected chi connectivity index (χ1v) is 13.4. The highest BCUT2D eigenvalue weighted by atomic mass is 35.5. The number of amides is 1. The van der Waals surface area contributed by atoms with Crippen LogP contribution in [-0.2, 0) is 11.4 Å². The van der Waals surface area contributed by atoms with Gasteiger partial charge in [-0.15, -0.1) is 0 Å². The van der Waals surface area contributed by atoms with Gasteiger partial charge in [-0.1, -0.05) is 23.7 Å². The fourth-order valence-electron chi connectivity index (χ4n) is 4.00. The maximum atomic E-state index is 12.6. The number of benzene rings is 2. The van der Waals surface area contributed by atoms with E-state index in [0.717, 1.165) is 11.3 Å². The van der Waals surface area contributed by atoms with E-state index in [4.69, 9.17) is 21.1 Å². The summed E-state index contributed by atoms with van der Waals surface area (Å²) in [6, 6.07) is 14.8. The van der Waals surface area contributed by atoms with Gasteiger partial charge in [-0.05, 0) is 57.8 Å². The Labute approximate surface area is 244 Å². The second-order valence-corrected chi connectivity index (χ2v) is 9.84. The third-order valence-corrected chi connectivity index (χ3v) is 6.39. The van der Waals surface area contributed by atoms with E-state index in [0.29, 0.717) is 69.8 Å². The molecule has 0 aliphatic rings. The van der Waals surface area contributed by atoms with Gasteiger partial charge in [-0.25, -0.2) is 0 Å². The molecule has 2 aromatic carbocycles.